The first kappa shape index (κ1) is 13.9. The molecule has 7 heteroatoms. The highest BCUT2D eigenvalue weighted by molar-refractivity contribution is 6.49. The predicted octanol–water partition coefficient (Wildman–Crippen LogP) is 0.805. The van der Waals surface area contributed by atoms with Gasteiger partial charge in [0.2, 0.25) is 0 Å². The summed E-state index contributed by atoms with van der Waals surface area (Å²) in [5.41, 5.74) is 0. The van der Waals surface area contributed by atoms with E-state index in [1.807, 2.05) is 0 Å². The number of hydrogen-bond acceptors (Lipinski definition) is 3. The summed E-state index contributed by atoms with van der Waals surface area (Å²) in [5.74, 6) is 0. The molecule has 0 aromatic heterocycles. The maximum absolute atomic E-state index is 14.0. The van der Waals surface area contributed by atoms with Crippen molar-refractivity contribution in [1.29, 1.82) is 0 Å². The van der Waals surface area contributed by atoms with E-state index in [9.17, 15) is 13.2 Å². The Hall–Kier alpha value is -0.113. The lowest BCUT2D eigenvalue weighted by molar-refractivity contribution is -0.00444. The number of rotatable bonds is 4. The van der Waals surface area contributed by atoms with Crippen LogP contribution in [0.2, 0.25) is 0 Å². The fourth-order valence-electron chi connectivity index (χ4n) is 2.18. The Morgan fingerprint density at radius 3 is 2.31 bits per heavy atom. The van der Waals surface area contributed by atoms with E-state index in [-0.39, 0.29) is 6.54 Å². The quantitative estimate of drug-likeness (QED) is 0.756. The van der Waals surface area contributed by atoms with Crippen LogP contribution in [0, 0.1) is 0 Å². The van der Waals surface area contributed by atoms with Crippen LogP contribution in [0.3, 0.4) is 0 Å². The standard InChI is InChI=1S/C9H18F3NO2Si/c1-4-9(16(14-2)15-3)8(12)7(11)6(10)5-13-9/h6-8,13,16H,4-5H2,1-3H3. The smallest absolute Gasteiger partial charge is 0.344 e. The summed E-state index contributed by atoms with van der Waals surface area (Å²) in [4.78, 5) is 0. The maximum Gasteiger partial charge on any atom is 0.344 e. The number of hydrogen-bond donors (Lipinski definition) is 1. The first-order valence-corrected chi connectivity index (χ1v) is 6.78. The fraction of sp³-hybridized carbons (Fsp3) is 1.00. The Labute approximate surface area is 95.2 Å². The van der Waals surface area contributed by atoms with E-state index in [0.717, 1.165) is 0 Å². The maximum atomic E-state index is 14.0. The van der Waals surface area contributed by atoms with Gasteiger partial charge in [-0.1, -0.05) is 6.92 Å². The van der Waals surface area contributed by atoms with Crippen molar-refractivity contribution in [3.63, 3.8) is 0 Å². The van der Waals surface area contributed by atoms with Gasteiger partial charge in [0.05, 0.1) is 5.16 Å². The van der Waals surface area contributed by atoms with Gasteiger partial charge >= 0.3 is 9.28 Å². The molecular weight excluding hydrogens is 239 g/mol. The van der Waals surface area contributed by atoms with Crippen molar-refractivity contribution in [2.24, 2.45) is 0 Å². The third kappa shape index (κ3) is 2.13. The van der Waals surface area contributed by atoms with Gasteiger partial charge in [-0.25, -0.2) is 13.2 Å². The second-order valence-corrected chi connectivity index (χ2v) is 6.58. The average Bonchev–Trinajstić information content (AvgIpc) is 2.31. The molecule has 0 radical (unpaired) electrons. The third-order valence-electron chi connectivity index (χ3n) is 3.18. The molecule has 1 N–H and O–H groups in total. The molecule has 1 heterocycles. The zero-order valence-corrected chi connectivity index (χ0v) is 10.8. The highest BCUT2D eigenvalue weighted by Crippen LogP contribution is 2.32. The van der Waals surface area contributed by atoms with E-state index in [4.69, 9.17) is 8.85 Å². The topological polar surface area (TPSA) is 30.5 Å². The predicted molar refractivity (Wildman–Crippen MR) is 56.9 cm³/mol. The van der Waals surface area contributed by atoms with Gasteiger partial charge < -0.3 is 14.2 Å². The number of halogens is 3. The largest absolute Gasteiger partial charge is 0.399 e. The summed E-state index contributed by atoms with van der Waals surface area (Å²) in [7, 11) is 0.382. The Bertz CT molecular complexity index is 233. The number of alkyl halides is 3. The zero-order chi connectivity index (χ0) is 12.3. The van der Waals surface area contributed by atoms with E-state index in [1.54, 1.807) is 6.92 Å². The van der Waals surface area contributed by atoms with Crippen molar-refractivity contribution in [2.75, 3.05) is 20.8 Å². The van der Waals surface area contributed by atoms with Gasteiger partial charge in [0, 0.05) is 20.8 Å². The molecule has 4 unspecified atom stereocenters. The second-order valence-electron chi connectivity index (χ2n) is 3.94. The zero-order valence-electron chi connectivity index (χ0n) is 9.67. The molecule has 0 spiro atoms. The molecule has 0 aromatic rings. The van der Waals surface area contributed by atoms with Crippen molar-refractivity contribution < 1.29 is 22.0 Å². The summed E-state index contributed by atoms with van der Waals surface area (Å²) in [6.45, 7) is 1.51. The summed E-state index contributed by atoms with van der Waals surface area (Å²) < 4.78 is 50.6. The van der Waals surface area contributed by atoms with Crippen LogP contribution < -0.4 is 5.32 Å². The van der Waals surface area contributed by atoms with Gasteiger partial charge in [-0.3, -0.25) is 0 Å². The lowest BCUT2D eigenvalue weighted by Crippen LogP contribution is -2.72. The van der Waals surface area contributed by atoms with Crippen molar-refractivity contribution in [2.45, 2.75) is 37.0 Å². The van der Waals surface area contributed by atoms with E-state index < -0.39 is 33.0 Å². The minimum absolute atomic E-state index is 0.203. The minimum Gasteiger partial charge on any atom is -0.399 e. The van der Waals surface area contributed by atoms with Crippen molar-refractivity contribution >= 4 is 9.28 Å². The van der Waals surface area contributed by atoms with Crippen molar-refractivity contribution in [3.05, 3.63) is 0 Å². The minimum atomic E-state index is -2.43. The third-order valence-corrected chi connectivity index (χ3v) is 5.81. The summed E-state index contributed by atoms with van der Waals surface area (Å²) in [6, 6.07) is 0. The van der Waals surface area contributed by atoms with Crippen LogP contribution in [0.15, 0.2) is 0 Å². The number of nitrogens with one attached hydrogen (secondary N) is 1. The number of piperidine rings is 1. The van der Waals surface area contributed by atoms with Crippen LogP contribution >= 0.6 is 0 Å². The van der Waals surface area contributed by atoms with Crippen molar-refractivity contribution in [1.82, 2.24) is 5.32 Å². The van der Waals surface area contributed by atoms with E-state index in [2.05, 4.69) is 5.32 Å². The van der Waals surface area contributed by atoms with Crippen LogP contribution in [0.5, 0.6) is 0 Å². The molecule has 0 bridgehead atoms. The second kappa shape index (κ2) is 5.48. The lowest BCUT2D eigenvalue weighted by atomic mass is 9.96. The molecule has 3 nitrogen and oxygen atoms in total. The SMILES string of the molecule is CCC1([SiH](OC)OC)NCC(F)C(F)C1F. The average molecular weight is 257 g/mol. The van der Waals surface area contributed by atoms with Gasteiger partial charge in [0.15, 0.2) is 12.3 Å². The van der Waals surface area contributed by atoms with Crippen molar-refractivity contribution in [3.8, 4) is 0 Å². The Balaban J connectivity index is 2.94. The van der Waals surface area contributed by atoms with Gasteiger partial charge in [-0.2, -0.15) is 0 Å². The molecule has 0 amide bonds. The summed E-state index contributed by atoms with van der Waals surface area (Å²) >= 11 is 0. The Kier molecular flexibility index (Phi) is 4.78. The van der Waals surface area contributed by atoms with Crippen LogP contribution in [0.4, 0.5) is 13.2 Å². The Morgan fingerprint density at radius 1 is 1.31 bits per heavy atom. The molecule has 0 aromatic carbocycles. The molecule has 0 saturated carbocycles. The lowest BCUT2D eigenvalue weighted by Gasteiger charge is -2.45. The summed E-state index contributed by atoms with van der Waals surface area (Å²) in [6.07, 6.45) is -5.54. The molecule has 1 aliphatic heterocycles. The van der Waals surface area contributed by atoms with Crippen LogP contribution in [0.1, 0.15) is 13.3 Å². The molecular formula is C9H18F3NO2Si. The van der Waals surface area contributed by atoms with E-state index in [1.165, 1.54) is 14.2 Å². The van der Waals surface area contributed by atoms with Gasteiger partial charge in [-0.15, -0.1) is 0 Å². The Morgan fingerprint density at radius 2 is 1.88 bits per heavy atom. The monoisotopic (exact) mass is 257 g/mol. The van der Waals surface area contributed by atoms with E-state index >= 15 is 0 Å². The molecule has 96 valence electrons. The fourth-order valence-corrected chi connectivity index (χ4v) is 4.28. The van der Waals surface area contributed by atoms with Gasteiger partial charge in [-0.05, 0) is 6.42 Å². The molecule has 1 rings (SSSR count). The molecule has 1 fully saturated rings. The molecule has 1 saturated heterocycles. The molecule has 16 heavy (non-hydrogen) atoms. The molecule has 1 aliphatic rings. The van der Waals surface area contributed by atoms with Crippen LogP contribution in [-0.4, -0.2) is 53.7 Å². The molecule has 4 atom stereocenters. The summed E-state index contributed by atoms with van der Waals surface area (Å²) in [5, 5.41) is 1.55. The molecule has 0 aliphatic carbocycles. The van der Waals surface area contributed by atoms with Gasteiger partial charge in [0.1, 0.15) is 6.17 Å². The van der Waals surface area contributed by atoms with Crippen LogP contribution in [0.25, 0.3) is 0 Å². The van der Waals surface area contributed by atoms with Crippen LogP contribution in [-0.2, 0) is 8.85 Å². The highest BCUT2D eigenvalue weighted by Gasteiger charge is 2.56. The highest BCUT2D eigenvalue weighted by atomic mass is 28.3. The first-order chi connectivity index (χ1) is 7.53. The normalized spacial score (nSPS) is 40.3. The van der Waals surface area contributed by atoms with E-state index in [0.29, 0.717) is 6.42 Å². The first-order valence-electron chi connectivity index (χ1n) is 5.26. The van der Waals surface area contributed by atoms with Gasteiger partial charge in [0.25, 0.3) is 0 Å².